The van der Waals surface area contributed by atoms with Gasteiger partial charge in [-0.2, -0.15) is 0 Å². The molecule has 1 N–H and O–H groups in total. The van der Waals surface area contributed by atoms with E-state index in [1.165, 1.54) is 0 Å². The lowest BCUT2D eigenvalue weighted by Crippen LogP contribution is -2.17. The van der Waals surface area contributed by atoms with Gasteiger partial charge in [0.15, 0.2) is 7.29 Å². The van der Waals surface area contributed by atoms with Gasteiger partial charge in [0.05, 0.1) is 0 Å². The van der Waals surface area contributed by atoms with Crippen molar-refractivity contribution in [2.45, 2.75) is 0 Å². The zero-order valence-corrected chi connectivity index (χ0v) is 7.63. The van der Waals surface area contributed by atoms with Crippen LogP contribution in [-0.2, 0) is 14.1 Å². The quantitative estimate of drug-likeness (QED) is 0.298. The monoisotopic (exact) mass is 189 g/mol. The Labute approximate surface area is 71.4 Å². The number of hydrogen-bond acceptors (Lipinski definition) is 3. The maximum Gasteiger partial charge on any atom is 0.293 e. The van der Waals surface area contributed by atoms with Crippen molar-refractivity contribution in [3.8, 4) is 0 Å². The van der Waals surface area contributed by atoms with E-state index in [2.05, 4.69) is 9.82 Å². The van der Waals surface area contributed by atoms with Crippen LogP contribution in [-0.4, -0.2) is 31.9 Å². The van der Waals surface area contributed by atoms with Crippen molar-refractivity contribution in [3.05, 3.63) is 12.2 Å². The standard InChI is InChI=1S/C7H12NO3P/c9-7-11-4-3-8-12(10)5-1-2-6-12/h1-2,7H,3-6H2,(H,8,10). The number of carbonyl (C=O) groups excluding carboxylic acids is 1. The molecule has 1 rings (SSSR count). The molecule has 0 aromatic heterocycles. The molecule has 0 atom stereocenters. The third-order valence-electron chi connectivity index (χ3n) is 1.66. The van der Waals surface area contributed by atoms with E-state index in [4.69, 9.17) is 0 Å². The van der Waals surface area contributed by atoms with Gasteiger partial charge in [-0.25, -0.2) is 0 Å². The van der Waals surface area contributed by atoms with Gasteiger partial charge in [-0.3, -0.25) is 9.88 Å². The van der Waals surface area contributed by atoms with Gasteiger partial charge in [-0.1, -0.05) is 12.2 Å². The van der Waals surface area contributed by atoms with Gasteiger partial charge in [0, 0.05) is 18.9 Å². The van der Waals surface area contributed by atoms with E-state index in [1.807, 2.05) is 12.2 Å². The van der Waals surface area contributed by atoms with Crippen molar-refractivity contribution in [2.75, 3.05) is 25.5 Å². The van der Waals surface area contributed by atoms with Gasteiger partial charge in [-0.15, -0.1) is 0 Å². The van der Waals surface area contributed by atoms with Crippen LogP contribution in [0.2, 0.25) is 0 Å². The van der Waals surface area contributed by atoms with E-state index < -0.39 is 7.29 Å². The Hall–Kier alpha value is -0.600. The first kappa shape index (κ1) is 9.49. The molecule has 12 heavy (non-hydrogen) atoms. The summed E-state index contributed by atoms with van der Waals surface area (Å²) in [6.07, 6.45) is 5.06. The SMILES string of the molecule is O=COCCNP1(=O)CC=CC1. The van der Waals surface area contributed by atoms with Crippen LogP contribution in [0.5, 0.6) is 0 Å². The second-order valence-electron chi connectivity index (χ2n) is 2.60. The maximum absolute atomic E-state index is 11.7. The Kier molecular flexibility index (Phi) is 3.50. The first-order valence-electron chi connectivity index (χ1n) is 3.80. The normalized spacial score (nSPS) is 19.3. The molecule has 4 nitrogen and oxygen atoms in total. The number of allylic oxidation sites excluding steroid dienone is 2. The molecule has 0 unspecified atom stereocenters. The number of rotatable bonds is 5. The first-order chi connectivity index (χ1) is 5.77. The zero-order chi connectivity index (χ0) is 8.86. The fourth-order valence-corrected chi connectivity index (χ4v) is 2.93. The number of nitrogens with one attached hydrogen (secondary N) is 1. The molecular weight excluding hydrogens is 177 g/mol. The zero-order valence-electron chi connectivity index (χ0n) is 6.73. The lowest BCUT2D eigenvalue weighted by atomic mass is 10.6. The molecule has 1 aliphatic rings. The highest BCUT2D eigenvalue weighted by atomic mass is 31.2. The van der Waals surface area contributed by atoms with E-state index >= 15 is 0 Å². The number of ether oxygens (including phenoxy) is 1. The summed E-state index contributed by atoms with van der Waals surface area (Å²) in [4.78, 5) is 9.75. The van der Waals surface area contributed by atoms with Crippen LogP contribution < -0.4 is 5.09 Å². The molecule has 1 aliphatic heterocycles. The molecule has 0 bridgehead atoms. The molecule has 0 radical (unpaired) electrons. The summed E-state index contributed by atoms with van der Waals surface area (Å²) in [5.74, 6) is 0. The average Bonchev–Trinajstić information content (AvgIpc) is 2.47. The summed E-state index contributed by atoms with van der Waals surface area (Å²) in [6, 6.07) is 0. The van der Waals surface area contributed by atoms with Crippen LogP contribution in [0.15, 0.2) is 12.2 Å². The fraction of sp³-hybridized carbons (Fsp3) is 0.571. The molecule has 0 saturated carbocycles. The maximum atomic E-state index is 11.7. The molecule has 0 saturated heterocycles. The van der Waals surface area contributed by atoms with Gasteiger partial charge in [0.25, 0.3) is 6.47 Å². The van der Waals surface area contributed by atoms with E-state index in [0.717, 1.165) is 0 Å². The lowest BCUT2D eigenvalue weighted by molar-refractivity contribution is -0.128. The number of hydrogen-bond donors (Lipinski definition) is 1. The number of carbonyl (C=O) groups is 1. The molecule has 0 spiro atoms. The highest BCUT2D eigenvalue weighted by molar-refractivity contribution is 7.62. The molecule has 1 heterocycles. The highest BCUT2D eigenvalue weighted by Gasteiger charge is 2.21. The van der Waals surface area contributed by atoms with Crippen molar-refractivity contribution in [3.63, 3.8) is 0 Å². The molecule has 0 aliphatic carbocycles. The molecule has 0 amide bonds. The fourth-order valence-electron chi connectivity index (χ4n) is 1.05. The Morgan fingerprint density at radius 2 is 2.17 bits per heavy atom. The van der Waals surface area contributed by atoms with Crippen molar-refractivity contribution in [2.24, 2.45) is 0 Å². The summed E-state index contributed by atoms with van der Waals surface area (Å²) in [5, 5.41) is 2.90. The van der Waals surface area contributed by atoms with Gasteiger partial charge < -0.3 is 9.30 Å². The Balaban J connectivity index is 2.14. The Bertz CT molecular complexity index is 215. The molecule has 68 valence electrons. The molecule has 0 aromatic rings. The van der Waals surface area contributed by atoms with Crippen molar-refractivity contribution < 1.29 is 14.1 Å². The van der Waals surface area contributed by atoms with Gasteiger partial charge >= 0.3 is 0 Å². The van der Waals surface area contributed by atoms with Crippen LogP contribution in [0.25, 0.3) is 0 Å². The molecule has 0 fully saturated rings. The van der Waals surface area contributed by atoms with Crippen LogP contribution in [0.3, 0.4) is 0 Å². The van der Waals surface area contributed by atoms with Gasteiger partial charge in [-0.05, 0) is 0 Å². The van der Waals surface area contributed by atoms with E-state index in [-0.39, 0.29) is 6.61 Å². The second-order valence-corrected chi connectivity index (χ2v) is 5.43. The predicted octanol–water partition coefficient (Wildman–Crippen LogP) is 0.597. The van der Waals surface area contributed by atoms with Crippen LogP contribution in [0, 0.1) is 0 Å². The minimum absolute atomic E-state index is 0.285. The third kappa shape index (κ3) is 2.80. The minimum atomic E-state index is -2.17. The van der Waals surface area contributed by atoms with Gasteiger partial charge in [0.2, 0.25) is 0 Å². The largest absolute Gasteiger partial charge is 0.467 e. The summed E-state index contributed by atoms with van der Waals surface area (Å²) in [7, 11) is -2.17. The smallest absolute Gasteiger partial charge is 0.293 e. The van der Waals surface area contributed by atoms with Crippen LogP contribution in [0.4, 0.5) is 0 Å². The summed E-state index contributed by atoms with van der Waals surface area (Å²) in [6.45, 7) is 1.15. The van der Waals surface area contributed by atoms with E-state index in [9.17, 15) is 9.36 Å². The Morgan fingerprint density at radius 1 is 1.50 bits per heavy atom. The first-order valence-corrected chi connectivity index (χ1v) is 5.88. The topological polar surface area (TPSA) is 55.4 Å². The Morgan fingerprint density at radius 3 is 2.75 bits per heavy atom. The van der Waals surface area contributed by atoms with Crippen molar-refractivity contribution in [1.82, 2.24) is 5.09 Å². The van der Waals surface area contributed by atoms with E-state index in [0.29, 0.717) is 25.3 Å². The third-order valence-corrected chi connectivity index (χ3v) is 4.06. The predicted molar refractivity (Wildman–Crippen MR) is 46.5 cm³/mol. The summed E-state index contributed by atoms with van der Waals surface area (Å²) in [5.41, 5.74) is 0. The average molecular weight is 189 g/mol. The molecule has 0 aromatic carbocycles. The van der Waals surface area contributed by atoms with Crippen molar-refractivity contribution >= 4 is 13.8 Å². The highest BCUT2D eigenvalue weighted by Crippen LogP contribution is 2.43. The summed E-state index contributed by atoms with van der Waals surface area (Å²) >= 11 is 0. The lowest BCUT2D eigenvalue weighted by Gasteiger charge is -2.11. The minimum Gasteiger partial charge on any atom is -0.467 e. The van der Waals surface area contributed by atoms with E-state index in [1.54, 1.807) is 0 Å². The summed E-state index contributed by atoms with van der Waals surface area (Å²) < 4.78 is 16.1. The van der Waals surface area contributed by atoms with Gasteiger partial charge in [0.1, 0.15) is 6.61 Å². The molecular formula is C7H12NO3P. The van der Waals surface area contributed by atoms with Crippen molar-refractivity contribution in [1.29, 1.82) is 0 Å². The van der Waals surface area contributed by atoms with Crippen LogP contribution >= 0.6 is 7.29 Å². The molecule has 5 heteroatoms. The van der Waals surface area contributed by atoms with Crippen LogP contribution in [0.1, 0.15) is 0 Å². The second kappa shape index (κ2) is 4.43.